The minimum Gasteiger partial charge on any atom is -0.493 e. The number of halogens is 2. The van der Waals surface area contributed by atoms with Crippen LogP contribution in [0.25, 0.3) is 6.08 Å². The summed E-state index contributed by atoms with van der Waals surface area (Å²) >= 11 is 10.2. The molecule has 3 rings (SSSR count). The molecule has 1 aliphatic heterocycles. The number of benzene rings is 2. The van der Waals surface area contributed by atoms with Crippen molar-refractivity contribution >= 4 is 62.2 Å². The smallest absolute Gasteiger partial charge is 0.298 e. The lowest BCUT2D eigenvalue weighted by Crippen LogP contribution is -2.27. The van der Waals surface area contributed by atoms with Crippen molar-refractivity contribution in [2.24, 2.45) is 0 Å². The first-order valence-corrected chi connectivity index (χ1v) is 9.90. The first-order valence-electron chi connectivity index (χ1n) is 7.92. The zero-order valence-electron chi connectivity index (χ0n) is 14.6. The quantitative estimate of drug-likeness (QED) is 0.427. The molecule has 28 heavy (non-hydrogen) atoms. The van der Waals surface area contributed by atoms with E-state index in [4.69, 9.17) is 27.5 Å². The fourth-order valence-corrected chi connectivity index (χ4v) is 4.13. The van der Waals surface area contributed by atoms with E-state index in [9.17, 15) is 9.59 Å². The van der Waals surface area contributed by atoms with Crippen LogP contribution >= 0.6 is 39.3 Å². The number of imide groups is 1. The van der Waals surface area contributed by atoms with Gasteiger partial charge in [0, 0.05) is 5.02 Å². The van der Waals surface area contributed by atoms with Gasteiger partial charge < -0.3 is 9.47 Å². The summed E-state index contributed by atoms with van der Waals surface area (Å²) in [7, 11) is 1.50. The number of hydrogen-bond donors (Lipinski definition) is 0. The molecular weight excluding hydrogens is 466 g/mol. The Hall–Kier alpha value is -2.40. The number of hydrogen-bond acceptors (Lipinski definition) is 5. The Morgan fingerprint density at radius 1 is 1.32 bits per heavy atom. The van der Waals surface area contributed by atoms with E-state index in [0.717, 1.165) is 16.7 Å². The summed E-state index contributed by atoms with van der Waals surface area (Å²) in [6, 6.07) is 10.0. The Morgan fingerprint density at radius 3 is 2.79 bits per heavy atom. The van der Waals surface area contributed by atoms with Crippen molar-refractivity contribution in [1.29, 1.82) is 0 Å². The summed E-state index contributed by atoms with van der Waals surface area (Å²) in [6.45, 7) is 0.0901. The molecule has 0 radical (unpaired) electrons. The maximum absolute atomic E-state index is 12.8. The van der Waals surface area contributed by atoms with Crippen LogP contribution in [-0.4, -0.2) is 24.9 Å². The van der Waals surface area contributed by atoms with E-state index in [2.05, 4.69) is 21.9 Å². The maximum Gasteiger partial charge on any atom is 0.298 e. The van der Waals surface area contributed by atoms with E-state index in [1.807, 2.05) is 0 Å². The van der Waals surface area contributed by atoms with Gasteiger partial charge in [-0.2, -0.15) is 0 Å². The molecular formula is C20H13BrClNO4S. The minimum absolute atomic E-state index is 0.0901. The number of rotatable bonds is 5. The van der Waals surface area contributed by atoms with Crippen LogP contribution in [0.15, 0.2) is 45.8 Å². The van der Waals surface area contributed by atoms with Crippen molar-refractivity contribution < 1.29 is 19.1 Å². The van der Waals surface area contributed by atoms with Crippen molar-refractivity contribution in [1.82, 2.24) is 0 Å². The van der Waals surface area contributed by atoms with Gasteiger partial charge in [0.1, 0.15) is 6.61 Å². The van der Waals surface area contributed by atoms with Crippen LogP contribution in [0.1, 0.15) is 5.56 Å². The number of terminal acetylenes is 1. The number of methoxy groups -OCH3 is 1. The molecule has 1 heterocycles. The molecule has 2 aromatic rings. The number of nitrogens with zero attached hydrogens (tertiary/aromatic N) is 1. The summed E-state index contributed by atoms with van der Waals surface area (Å²) in [5, 5.41) is 0.0512. The van der Waals surface area contributed by atoms with Gasteiger partial charge in [-0.3, -0.25) is 9.59 Å². The Balaban J connectivity index is 1.94. The molecule has 0 aromatic heterocycles. The molecule has 5 nitrogen and oxygen atoms in total. The first kappa shape index (κ1) is 20.3. The molecule has 8 heteroatoms. The van der Waals surface area contributed by atoms with Crippen LogP contribution in [0, 0.1) is 12.3 Å². The van der Waals surface area contributed by atoms with E-state index in [1.165, 1.54) is 7.11 Å². The van der Waals surface area contributed by atoms with E-state index >= 15 is 0 Å². The van der Waals surface area contributed by atoms with Gasteiger partial charge in [-0.25, -0.2) is 4.90 Å². The molecule has 0 unspecified atom stereocenters. The highest BCUT2D eigenvalue weighted by Crippen LogP contribution is 2.40. The number of anilines is 1. The first-order chi connectivity index (χ1) is 13.4. The third kappa shape index (κ3) is 4.20. The molecule has 0 saturated carbocycles. The van der Waals surface area contributed by atoms with Crippen LogP contribution in [-0.2, 0) is 4.79 Å². The molecule has 0 bridgehead atoms. The van der Waals surface area contributed by atoms with Gasteiger partial charge in [0.2, 0.25) is 0 Å². The SMILES string of the molecule is C#CCOc1c(Br)cc(/C=C2/SC(=O)N(c3cccc(Cl)c3)C2=O)cc1OC. The standard InChI is InChI=1S/C20H13BrClNO4S/c1-3-7-27-18-15(21)8-12(9-16(18)26-2)10-17-19(24)23(20(25)28-17)14-6-4-5-13(22)11-14/h1,4-6,8-11H,7H2,2H3/b17-10+. The minimum atomic E-state index is -0.417. The number of ether oxygens (including phenoxy) is 2. The summed E-state index contributed by atoms with van der Waals surface area (Å²) < 4.78 is 11.4. The molecule has 1 saturated heterocycles. The monoisotopic (exact) mass is 477 g/mol. The predicted molar refractivity (Wildman–Crippen MR) is 115 cm³/mol. The van der Waals surface area contributed by atoms with Crippen molar-refractivity contribution in [3.8, 4) is 23.8 Å². The molecule has 0 atom stereocenters. The van der Waals surface area contributed by atoms with Gasteiger partial charge in [-0.15, -0.1) is 6.42 Å². The Morgan fingerprint density at radius 2 is 2.11 bits per heavy atom. The van der Waals surface area contributed by atoms with Crippen LogP contribution < -0.4 is 14.4 Å². The van der Waals surface area contributed by atoms with Gasteiger partial charge in [-0.1, -0.05) is 23.6 Å². The summed E-state index contributed by atoms with van der Waals surface area (Å²) in [6.07, 6.45) is 6.85. The lowest BCUT2D eigenvalue weighted by atomic mass is 10.1. The Kier molecular flexibility index (Phi) is 6.35. The van der Waals surface area contributed by atoms with Gasteiger partial charge in [0.15, 0.2) is 11.5 Å². The molecule has 1 aliphatic rings. The largest absolute Gasteiger partial charge is 0.493 e. The third-order valence-corrected chi connectivity index (χ3v) is 5.40. The average molecular weight is 479 g/mol. The van der Waals surface area contributed by atoms with E-state index in [-0.39, 0.29) is 11.5 Å². The van der Waals surface area contributed by atoms with E-state index in [0.29, 0.717) is 32.2 Å². The Bertz CT molecular complexity index is 1030. The van der Waals surface area contributed by atoms with Crippen LogP contribution in [0.4, 0.5) is 10.5 Å². The molecule has 0 aliphatic carbocycles. The summed E-state index contributed by atoms with van der Waals surface area (Å²) in [4.78, 5) is 26.5. The number of thioether (sulfide) groups is 1. The van der Waals surface area contributed by atoms with Crippen LogP contribution in [0.2, 0.25) is 5.02 Å². The lowest BCUT2D eigenvalue weighted by Gasteiger charge is -2.13. The number of carbonyl (C=O) groups excluding carboxylic acids is 2. The zero-order chi connectivity index (χ0) is 20.3. The topological polar surface area (TPSA) is 55.8 Å². The Labute approximate surface area is 179 Å². The fourth-order valence-electron chi connectivity index (χ4n) is 2.53. The van der Waals surface area contributed by atoms with Crippen LogP contribution in [0.3, 0.4) is 0 Å². The van der Waals surface area contributed by atoms with Gasteiger partial charge in [-0.05, 0) is 69.7 Å². The molecule has 0 spiro atoms. The summed E-state index contributed by atoms with van der Waals surface area (Å²) in [5.41, 5.74) is 1.09. The number of carbonyl (C=O) groups is 2. The van der Waals surface area contributed by atoms with Gasteiger partial charge >= 0.3 is 0 Å². The predicted octanol–water partition coefficient (Wildman–Crippen LogP) is 5.36. The van der Waals surface area contributed by atoms with Crippen molar-refractivity contribution in [3.63, 3.8) is 0 Å². The molecule has 2 aromatic carbocycles. The van der Waals surface area contributed by atoms with E-state index in [1.54, 1.807) is 42.5 Å². The van der Waals surface area contributed by atoms with Crippen molar-refractivity contribution in [3.05, 3.63) is 56.4 Å². The average Bonchev–Trinajstić information content (AvgIpc) is 2.93. The van der Waals surface area contributed by atoms with Gasteiger partial charge in [0.25, 0.3) is 11.1 Å². The third-order valence-electron chi connectivity index (χ3n) is 3.71. The van der Waals surface area contributed by atoms with Crippen LogP contribution in [0.5, 0.6) is 11.5 Å². The summed E-state index contributed by atoms with van der Waals surface area (Å²) in [5.74, 6) is 2.89. The second kappa shape index (κ2) is 8.74. The zero-order valence-corrected chi connectivity index (χ0v) is 17.7. The van der Waals surface area contributed by atoms with E-state index < -0.39 is 11.1 Å². The number of amides is 2. The van der Waals surface area contributed by atoms with Crippen molar-refractivity contribution in [2.45, 2.75) is 0 Å². The highest BCUT2D eigenvalue weighted by atomic mass is 79.9. The lowest BCUT2D eigenvalue weighted by molar-refractivity contribution is -0.113. The van der Waals surface area contributed by atoms with Gasteiger partial charge in [0.05, 0.1) is 22.2 Å². The van der Waals surface area contributed by atoms with Crippen molar-refractivity contribution in [2.75, 3.05) is 18.6 Å². The second-order valence-corrected chi connectivity index (χ2v) is 7.81. The highest BCUT2D eigenvalue weighted by Gasteiger charge is 2.36. The second-order valence-electron chi connectivity index (χ2n) is 5.52. The molecule has 142 valence electrons. The maximum atomic E-state index is 12.8. The fraction of sp³-hybridized carbons (Fsp3) is 0.100. The molecule has 1 fully saturated rings. The highest BCUT2D eigenvalue weighted by molar-refractivity contribution is 9.10. The normalized spacial score (nSPS) is 15.1. The molecule has 0 N–H and O–H groups in total. The molecule has 2 amide bonds.